The molecule has 0 saturated carbocycles. The van der Waals surface area contributed by atoms with Crippen molar-refractivity contribution in [3.05, 3.63) is 17.5 Å². The summed E-state index contributed by atoms with van der Waals surface area (Å²) in [4.78, 5) is 24.5. The molecule has 0 aliphatic carbocycles. The molecule has 25 heavy (non-hydrogen) atoms. The second kappa shape index (κ2) is 7.55. The molecule has 8 heteroatoms. The van der Waals surface area contributed by atoms with Gasteiger partial charge in [-0.3, -0.25) is 4.68 Å². The van der Waals surface area contributed by atoms with Crippen molar-refractivity contribution in [1.29, 1.82) is 5.26 Å². The second-order valence-electron chi connectivity index (χ2n) is 7.72. The van der Waals surface area contributed by atoms with E-state index in [4.69, 9.17) is 14.7 Å². The van der Waals surface area contributed by atoms with E-state index in [0.717, 1.165) is 0 Å². The van der Waals surface area contributed by atoms with Crippen LogP contribution in [0.15, 0.2) is 6.20 Å². The van der Waals surface area contributed by atoms with E-state index >= 15 is 0 Å². The third-order valence-electron chi connectivity index (χ3n) is 2.82. The van der Waals surface area contributed by atoms with Crippen LogP contribution in [0.4, 0.5) is 4.79 Å². The van der Waals surface area contributed by atoms with Gasteiger partial charge in [0.15, 0.2) is 5.69 Å². The Morgan fingerprint density at radius 1 is 1.24 bits per heavy atom. The Morgan fingerprint density at radius 2 is 1.80 bits per heavy atom. The van der Waals surface area contributed by atoms with Gasteiger partial charge < -0.3 is 14.8 Å². The predicted octanol–water partition coefficient (Wildman–Crippen LogP) is 2.07. The highest BCUT2D eigenvalue weighted by Crippen LogP contribution is 2.14. The number of carbonyl (C=O) groups excluding carboxylic acids is 2. The fourth-order valence-corrected chi connectivity index (χ4v) is 2.02. The highest BCUT2D eigenvalue weighted by molar-refractivity contribution is 5.82. The van der Waals surface area contributed by atoms with Gasteiger partial charge in [0.05, 0.1) is 0 Å². The Balaban J connectivity index is 3.00. The third kappa shape index (κ3) is 7.25. The number of aromatic nitrogens is 2. The lowest BCUT2D eigenvalue weighted by atomic mass is 10.1. The Labute approximate surface area is 148 Å². The molecule has 1 aromatic heterocycles. The second-order valence-corrected chi connectivity index (χ2v) is 7.72. The van der Waals surface area contributed by atoms with Gasteiger partial charge in [-0.25, -0.2) is 9.59 Å². The summed E-state index contributed by atoms with van der Waals surface area (Å²) >= 11 is 0. The molecule has 0 aromatic carbocycles. The topological polar surface area (TPSA) is 106 Å². The number of rotatable bonds is 4. The lowest BCUT2D eigenvalue weighted by Gasteiger charge is -2.26. The number of nitrogens with one attached hydrogen (secondary N) is 1. The van der Waals surface area contributed by atoms with E-state index in [1.165, 1.54) is 4.68 Å². The summed E-state index contributed by atoms with van der Waals surface area (Å²) in [7, 11) is 1.67. The molecule has 0 saturated heterocycles. The summed E-state index contributed by atoms with van der Waals surface area (Å²) < 4.78 is 12.0. The first-order chi connectivity index (χ1) is 11.3. The molecule has 1 heterocycles. The zero-order valence-electron chi connectivity index (χ0n) is 15.8. The number of nitriles is 1. The molecule has 0 radical (unpaired) electrons. The van der Waals surface area contributed by atoms with Gasteiger partial charge >= 0.3 is 12.1 Å². The minimum absolute atomic E-state index is 0.0743. The first kappa shape index (κ1) is 20.5. The minimum Gasteiger partial charge on any atom is -0.458 e. The summed E-state index contributed by atoms with van der Waals surface area (Å²) in [5, 5.41) is 15.7. The first-order valence-corrected chi connectivity index (χ1v) is 7.96. The third-order valence-corrected chi connectivity index (χ3v) is 2.82. The highest BCUT2D eigenvalue weighted by atomic mass is 16.6. The Kier molecular flexibility index (Phi) is 6.19. The highest BCUT2D eigenvalue weighted by Gasteiger charge is 2.30. The van der Waals surface area contributed by atoms with Gasteiger partial charge in [-0.2, -0.15) is 10.4 Å². The predicted molar refractivity (Wildman–Crippen MR) is 90.6 cm³/mol. The number of nitrogens with zero attached hydrogens (tertiary/aromatic N) is 3. The molecule has 1 rings (SSSR count). The van der Waals surface area contributed by atoms with Gasteiger partial charge in [-0.1, -0.05) is 0 Å². The van der Waals surface area contributed by atoms with E-state index < -0.39 is 29.3 Å². The van der Waals surface area contributed by atoms with Crippen LogP contribution < -0.4 is 5.32 Å². The van der Waals surface area contributed by atoms with Crippen LogP contribution in [0, 0.1) is 11.3 Å². The molecule has 0 spiro atoms. The van der Waals surface area contributed by atoms with Crippen molar-refractivity contribution in [1.82, 2.24) is 15.1 Å². The molecule has 0 bridgehead atoms. The van der Waals surface area contributed by atoms with Gasteiger partial charge in [0.2, 0.25) is 0 Å². The van der Waals surface area contributed by atoms with Crippen LogP contribution in [0.1, 0.15) is 52.8 Å². The van der Waals surface area contributed by atoms with Crippen LogP contribution in [-0.4, -0.2) is 39.1 Å². The molecular formula is C17H26N4O4. The smallest absolute Gasteiger partial charge is 0.408 e. The van der Waals surface area contributed by atoms with Crippen molar-refractivity contribution >= 4 is 12.1 Å². The quantitative estimate of drug-likeness (QED) is 0.833. The maximum absolute atomic E-state index is 12.5. The summed E-state index contributed by atoms with van der Waals surface area (Å²) in [5.74, 6) is -0.605. The number of alkyl carbamates (subject to hydrolysis) is 1. The summed E-state index contributed by atoms with van der Waals surface area (Å²) in [5.41, 5.74) is -0.675. The van der Waals surface area contributed by atoms with Gasteiger partial charge in [-0.15, -0.1) is 0 Å². The van der Waals surface area contributed by atoms with Crippen LogP contribution in [0.2, 0.25) is 0 Å². The molecule has 0 aliphatic heterocycles. The van der Waals surface area contributed by atoms with E-state index in [2.05, 4.69) is 10.4 Å². The SMILES string of the molecule is Cn1cc(C[C@H](NC(=O)OC(C)(C)C)C(=O)OC(C)(C)C)c(C#N)n1. The van der Waals surface area contributed by atoms with Crippen molar-refractivity contribution < 1.29 is 19.1 Å². The van der Waals surface area contributed by atoms with Crippen molar-refractivity contribution in [2.75, 3.05) is 0 Å². The number of aryl methyl sites for hydroxylation is 1. The zero-order chi connectivity index (χ0) is 19.4. The number of amides is 1. The number of esters is 1. The van der Waals surface area contributed by atoms with E-state index in [1.54, 1.807) is 54.8 Å². The molecule has 138 valence electrons. The normalized spacial score (nSPS) is 12.9. The molecule has 1 amide bonds. The maximum Gasteiger partial charge on any atom is 0.408 e. The van der Waals surface area contributed by atoms with Crippen LogP contribution in [0.3, 0.4) is 0 Å². The van der Waals surface area contributed by atoms with Crippen LogP contribution in [0.5, 0.6) is 0 Å². The summed E-state index contributed by atoms with van der Waals surface area (Å²) in [6.45, 7) is 10.4. The van der Waals surface area contributed by atoms with E-state index in [-0.39, 0.29) is 12.1 Å². The van der Waals surface area contributed by atoms with Crippen molar-refractivity contribution in [3.63, 3.8) is 0 Å². The van der Waals surface area contributed by atoms with E-state index in [1.807, 2.05) is 6.07 Å². The molecular weight excluding hydrogens is 324 g/mol. The van der Waals surface area contributed by atoms with Crippen molar-refractivity contribution in [3.8, 4) is 6.07 Å². The molecule has 0 aliphatic rings. The molecule has 1 atom stereocenters. The fraction of sp³-hybridized carbons (Fsp3) is 0.647. The lowest BCUT2D eigenvalue weighted by molar-refractivity contribution is -0.157. The summed E-state index contributed by atoms with van der Waals surface area (Å²) in [6, 6.07) is 0.977. The number of hydrogen-bond acceptors (Lipinski definition) is 6. The Morgan fingerprint density at radius 3 is 2.28 bits per heavy atom. The average Bonchev–Trinajstić information content (AvgIpc) is 2.73. The van der Waals surface area contributed by atoms with E-state index in [0.29, 0.717) is 5.56 Å². The number of hydrogen-bond donors (Lipinski definition) is 1. The average molecular weight is 350 g/mol. The molecule has 1 aromatic rings. The standard InChI is InChI=1S/C17H26N4O4/c1-16(2,3)24-14(22)12(19-15(23)25-17(4,5)6)8-11-10-21(7)20-13(11)9-18/h10,12H,8H2,1-7H3,(H,19,23)/t12-/m0/s1. The van der Waals surface area contributed by atoms with Gasteiger partial charge in [0.25, 0.3) is 0 Å². The lowest BCUT2D eigenvalue weighted by Crippen LogP contribution is -2.47. The number of carbonyl (C=O) groups is 2. The van der Waals surface area contributed by atoms with Crippen molar-refractivity contribution in [2.24, 2.45) is 7.05 Å². The molecule has 8 nitrogen and oxygen atoms in total. The minimum atomic E-state index is -0.995. The monoisotopic (exact) mass is 350 g/mol. The molecule has 0 unspecified atom stereocenters. The Bertz CT molecular complexity index is 674. The van der Waals surface area contributed by atoms with Crippen LogP contribution >= 0.6 is 0 Å². The Hall–Kier alpha value is -2.56. The zero-order valence-corrected chi connectivity index (χ0v) is 15.8. The van der Waals surface area contributed by atoms with Gasteiger partial charge in [0, 0.05) is 25.2 Å². The number of ether oxygens (including phenoxy) is 2. The van der Waals surface area contributed by atoms with Crippen molar-refractivity contribution in [2.45, 2.75) is 65.2 Å². The van der Waals surface area contributed by atoms with E-state index in [9.17, 15) is 9.59 Å². The van der Waals surface area contributed by atoms with Crippen LogP contribution in [0.25, 0.3) is 0 Å². The maximum atomic E-state index is 12.5. The van der Waals surface area contributed by atoms with Gasteiger partial charge in [0.1, 0.15) is 23.3 Å². The first-order valence-electron chi connectivity index (χ1n) is 7.96. The fourth-order valence-electron chi connectivity index (χ4n) is 2.02. The molecule has 1 N–H and O–H groups in total. The van der Waals surface area contributed by atoms with Crippen LogP contribution in [-0.2, 0) is 27.7 Å². The van der Waals surface area contributed by atoms with Gasteiger partial charge in [-0.05, 0) is 41.5 Å². The summed E-state index contributed by atoms with van der Waals surface area (Å²) in [6.07, 6.45) is 0.975. The largest absolute Gasteiger partial charge is 0.458 e. The molecule has 0 fully saturated rings.